The van der Waals surface area contributed by atoms with E-state index in [0.29, 0.717) is 60.5 Å². The van der Waals surface area contributed by atoms with E-state index in [1.807, 2.05) is 18.2 Å². The molecule has 3 aliphatic carbocycles. The van der Waals surface area contributed by atoms with Crippen molar-refractivity contribution in [1.82, 2.24) is 14.7 Å². The summed E-state index contributed by atoms with van der Waals surface area (Å²) in [6.07, 6.45) is 6.75. The molecule has 2 fully saturated rings. The molecule has 0 radical (unpaired) electrons. The number of amides is 1. The molecule has 2 N–H and O–H groups in total. The number of aliphatic hydroxyl groups is 1. The van der Waals surface area contributed by atoms with E-state index in [0.717, 1.165) is 29.5 Å². The molecule has 1 aliphatic heterocycles. The Kier molecular flexibility index (Phi) is 6.62. The zero-order chi connectivity index (χ0) is 27.5. The Morgan fingerprint density at radius 2 is 1.85 bits per heavy atom. The van der Waals surface area contributed by atoms with Crippen LogP contribution in [-0.2, 0) is 22.4 Å². The third-order valence-electron chi connectivity index (χ3n) is 8.69. The number of hydrogen-bond donors (Lipinski definition) is 2. The molecule has 0 spiro atoms. The number of β-amino-alcohol motifs (C(OH)–C–C–N with tert-alkyl or cyclic N) is 1. The van der Waals surface area contributed by atoms with Gasteiger partial charge in [0.1, 0.15) is 12.3 Å². The molecule has 0 bridgehead atoms. The van der Waals surface area contributed by atoms with E-state index >= 15 is 0 Å². The lowest BCUT2D eigenvalue weighted by Crippen LogP contribution is -2.65. The maximum atomic E-state index is 14.1. The Morgan fingerprint density at radius 3 is 2.49 bits per heavy atom. The van der Waals surface area contributed by atoms with Gasteiger partial charge in [-0.15, -0.1) is 0 Å². The van der Waals surface area contributed by atoms with Crippen LogP contribution in [0.15, 0.2) is 24.3 Å². The number of carboxylic acids is 1. The largest absolute Gasteiger partial charge is 0.481 e. The van der Waals surface area contributed by atoms with Crippen LogP contribution in [0.25, 0.3) is 5.57 Å². The van der Waals surface area contributed by atoms with Crippen molar-refractivity contribution in [2.45, 2.75) is 62.9 Å². The average molecular weight is 556 g/mol. The van der Waals surface area contributed by atoms with E-state index in [1.54, 1.807) is 6.07 Å². The lowest BCUT2D eigenvalue weighted by atomic mass is 9.81. The summed E-state index contributed by atoms with van der Waals surface area (Å²) in [5.41, 5.74) is 3.09. The number of carboxylic acid groups (broad SMARTS) is 1. The summed E-state index contributed by atoms with van der Waals surface area (Å²) in [5, 5.41) is 24.6. The topological polar surface area (TPSA) is 113 Å². The molecule has 4 aliphatic rings. The molecular weight excluding hydrogens is 525 g/mol. The molecule has 2 aromatic rings. The highest BCUT2D eigenvalue weighted by atomic mass is 35.5. The zero-order valence-corrected chi connectivity index (χ0v) is 22.3. The van der Waals surface area contributed by atoms with E-state index in [-0.39, 0.29) is 30.8 Å². The first kappa shape index (κ1) is 26.2. The van der Waals surface area contributed by atoms with Crippen molar-refractivity contribution in [3.63, 3.8) is 0 Å². The second kappa shape index (κ2) is 9.86. The van der Waals surface area contributed by atoms with Crippen molar-refractivity contribution in [3.05, 3.63) is 57.4 Å². The smallest absolute Gasteiger partial charge is 0.306 e. The summed E-state index contributed by atoms with van der Waals surface area (Å²) < 4.78 is 14.5. The van der Waals surface area contributed by atoms with E-state index in [2.05, 4.69) is 0 Å². The summed E-state index contributed by atoms with van der Waals surface area (Å²) in [4.78, 5) is 40.3. The van der Waals surface area contributed by atoms with Crippen molar-refractivity contribution in [1.29, 1.82) is 0 Å². The third-order valence-corrected chi connectivity index (χ3v) is 9.00. The number of carbonyl (C=O) groups is 3. The summed E-state index contributed by atoms with van der Waals surface area (Å²) in [6, 6.07) is 5.49. The summed E-state index contributed by atoms with van der Waals surface area (Å²) in [5.74, 6) is -1.85. The van der Waals surface area contributed by atoms with Crippen LogP contribution in [0.4, 0.5) is 4.39 Å². The van der Waals surface area contributed by atoms with Crippen LogP contribution in [0.1, 0.15) is 77.3 Å². The van der Waals surface area contributed by atoms with Gasteiger partial charge in [0.2, 0.25) is 5.91 Å². The minimum Gasteiger partial charge on any atom is -0.481 e. The Bertz CT molecular complexity index is 1390. The number of benzene rings is 1. The van der Waals surface area contributed by atoms with Crippen LogP contribution in [0, 0.1) is 11.8 Å². The fourth-order valence-corrected chi connectivity index (χ4v) is 6.55. The Labute approximate surface area is 230 Å². The second-order valence-electron chi connectivity index (χ2n) is 11.5. The molecule has 1 saturated carbocycles. The van der Waals surface area contributed by atoms with E-state index in [9.17, 15) is 29.0 Å². The van der Waals surface area contributed by atoms with Gasteiger partial charge in [0.15, 0.2) is 0 Å². The van der Waals surface area contributed by atoms with Crippen LogP contribution in [0.5, 0.6) is 0 Å². The highest BCUT2D eigenvalue weighted by molar-refractivity contribution is 6.34. The first-order valence-electron chi connectivity index (χ1n) is 13.6. The van der Waals surface area contributed by atoms with Crippen LogP contribution in [0.3, 0.4) is 0 Å². The standard InChI is InChI=1S/C29H31ClFN3O5/c30-22-3-1-2-20(16-4-5-16)24(22)27(36)34-23-12-19(26(35)33-14-29(39,13-31)15-33)10-11-21(23)25(32-34)17-6-8-18(9-7-17)28(37)38/h1-3,6,16,18-19,39H,4-5,7-15H2,(H,37,38). The molecule has 6 rings (SSSR count). The molecule has 10 heteroatoms. The SMILES string of the molecule is O=C(O)C1CC=C(c2nn(C(=O)c3c(Cl)cccc3C3CC3)c3c2CCC(C(=O)N2CC(O)(CF)C2)C3)CC1. The number of carbonyl (C=O) groups excluding carboxylic acids is 2. The van der Waals surface area contributed by atoms with Gasteiger partial charge in [0, 0.05) is 17.9 Å². The maximum Gasteiger partial charge on any atom is 0.306 e. The number of alkyl halides is 1. The van der Waals surface area contributed by atoms with Gasteiger partial charge in [-0.2, -0.15) is 9.78 Å². The Morgan fingerprint density at radius 1 is 1.10 bits per heavy atom. The van der Waals surface area contributed by atoms with Gasteiger partial charge < -0.3 is 15.1 Å². The highest BCUT2D eigenvalue weighted by Crippen LogP contribution is 2.44. The molecule has 2 atom stereocenters. The highest BCUT2D eigenvalue weighted by Gasteiger charge is 2.46. The quantitative estimate of drug-likeness (QED) is 0.557. The Hall–Kier alpha value is -3.04. The van der Waals surface area contributed by atoms with Gasteiger partial charge in [-0.05, 0) is 68.1 Å². The fraction of sp³-hybridized carbons (Fsp3) is 0.517. The van der Waals surface area contributed by atoms with Gasteiger partial charge in [0.05, 0.1) is 41.0 Å². The summed E-state index contributed by atoms with van der Waals surface area (Å²) in [6.45, 7) is -0.955. The van der Waals surface area contributed by atoms with E-state index < -0.39 is 30.1 Å². The number of nitrogens with zero attached hydrogens (tertiary/aromatic N) is 3. The van der Waals surface area contributed by atoms with Crippen molar-refractivity contribution in [3.8, 4) is 0 Å². The maximum absolute atomic E-state index is 14.1. The predicted molar refractivity (Wildman–Crippen MR) is 141 cm³/mol. The number of aromatic nitrogens is 2. The third kappa shape index (κ3) is 4.69. The van der Waals surface area contributed by atoms with Crippen LogP contribution in [0.2, 0.25) is 5.02 Å². The Balaban J connectivity index is 1.36. The van der Waals surface area contributed by atoms with Gasteiger partial charge in [-0.25, -0.2) is 4.39 Å². The molecule has 8 nitrogen and oxygen atoms in total. The average Bonchev–Trinajstić information content (AvgIpc) is 3.70. The van der Waals surface area contributed by atoms with Crippen LogP contribution < -0.4 is 0 Å². The molecular formula is C29H31ClFN3O5. The van der Waals surface area contributed by atoms with Crippen molar-refractivity contribution < 1.29 is 29.0 Å². The first-order chi connectivity index (χ1) is 18.7. The molecule has 2 heterocycles. The van der Waals surface area contributed by atoms with E-state index in [1.165, 1.54) is 9.58 Å². The van der Waals surface area contributed by atoms with Gasteiger partial charge in [0.25, 0.3) is 5.91 Å². The zero-order valence-electron chi connectivity index (χ0n) is 21.5. The monoisotopic (exact) mass is 555 g/mol. The molecule has 1 aromatic carbocycles. The van der Waals surface area contributed by atoms with Gasteiger partial charge >= 0.3 is 5.97 Å². The molecule has 39 heavy (non-hydrogen) atoms. The molecule has 1 saturated heterocycles. The van der Waals surface area contributed by atoms with Crippen molar-refractivity contribution >= 4 is 35.0 Å². The fourth-order valence-electron chi connectivity index (χ4n) is 6.29. The molecule has 1 amide bonds. The number of likely N-dealkylation sites (tertiary alicyclic amines) is 1. The van der Waals surface area contributed by atoms with Crippen LogP contribution >= 0.6 is 11.6 Å². The summed E-state index contributed by atoms with van der Waals surface area (Å²) in [7, 11) is 0. The van der Waals surface area contributed by atoms with Gasteiger partial charge in [-0.3, -0.25) is 14.4 Å². The van der Waals surface area contributed by atoms with Crippen LogP contribution in [-0.4, -0.2) is 68.0 Å². The summed E-state index contributed by atoms with van der Waals surface area (Å²) >= 11 is 6.57. The normalized spacial score (nSPS) is 24.0. The van der Waals surface area contributed by atoms with Crippen molar-refractivity contribution in [2.24, 2.45) is 11.8 Å². The van der Waals surface area contributed by atoms with E-state index in [4.69, 9.17) is 16.7 Å². The minimum atomic E-state index is -1.47. The predicted octanol–water partition coefficient (Wildman–Crippen LogP) is 4.02. The lowest BCUT2D eigenvalue weighted by molar-refractivity contribution is -0.162. The number of hydrogen-bond acceptors (Lipinski definition) is 5. The lowest BCUT2D eigenvalue weighted by Gasteiger charge is -2.46. The number of fused-ring (bicyclic) bond motifs is 1. The molecule has 2 unspecified atom stereocenters. The number of rotatable bonds is 6. The molecule has 1 aromatic heterocycles. The first-order valence-corrected chi connectivity index (χ1v) is 14.0. The van der Waals surface area contributed by atoms with Gasteiger partial charge in [-0.1, -0.05) is 29.8 Å². The van der Waals surface area contributed by atoms with Crippen molar-refractivity contribution in [2.75, 3.05) is 19.8 Å². The number of aliphatic carboxylic acids is 1. The number of halogens is 2. The second-order valence-corrected chi connectivity index (χ2v) is 11.9. The molecule has 206 valence electrons. The minimum absolute atomic E-state index is 0.0306. The number of allylic oxidation sites excluding steroid dienone is 2.